The number of hydrogen-bond acceptors (Lipinski definition) is 3. The lowest BCUT2D eigenvalue weighted by molar-refractivity contribution is -0.138. The molecule has 0 aromatic carbocycles. The van der Waals surface area contributed by atoms with E-state index >= 15 is 0 Å². The minimum Gasteiger partial charge on any atom is -0.382 e. The van der Waals surface area contributed by atoms with Crippen LogP contribution in [-0.2, 0) is 0 Å². The van der Waals surface area contributed by atoms with Crippen LogP contribution < -0.4 is 5.73 Å². The minimum atomic E-state index is -4.43. The molecule has 8 heteroatoms. The molecular formula is C8H11F3N4O. The Hall–Kier alpha value is -1.73. The summed E-state index contributed by atoms with van der Waals surface area (Å²) in [6.45, 7) is 0.188. The Bertz CT molecular complexity index is 379. The van der Waals surface area contributed by atoms with Gasteiger partial charge in [-0.3, -0.25) is 9.89 Å². The number of carbonyl (C=O) groups excluding carboxylic acids is 1. The lowest BCUT2D eigenvalue weighted by Crippen LogP contribution is -2.36. The molecule has 0 radical (unpaired) electrons. The standard InChI is InChI=1S/C8H11F3N4O/c1-4-5(6(12)14-13-4)7(16)15(2)3-8(9,10)11/h3H2,1-2H3,(H3,12,13,14). The van der Waals surface area contributed by atoms with Crippen LogP contribution in [0.1, 0.15) is 16.1 Å². The molecule has 3 N–H and O–H groups in total. The van der Waals surface area contributed by atoms with Crippen molar-refractivity contribution in [3.63, 3.8) is 0 Å². The molecule has 1 rings (SSSR count). The van der Waals surface area contributed by atoms with Crippen LogP contribution in [0.3, 0.4) is 0 Å². The summed E-state index contributed by atoms with van der Waals surface area (Å²) in [6.07, 6.45) is -4.43. The maximum absolute atomic E-state index is 12.1. The minimum absolute atomic E-state index is 0.0215. The van der Waals surface area contributed by atoms with Crippen molar-refractivity contribution in [2.24, 2.45) is 0 Å². The Labute approximate surface area is 89.4 Å². The molecule has 0 spiro atoms. The van der Waals surface area contributed by atoms with Gasteiger partial charge in [-0.15, -0.1) is 0 Å². The van der Waals surface area contributed by atoms with Gasteiger partial charge in [-0.05, 0) is 6.92 Å². The van der Waals surface area contributed by atoms with Gasteiger partial charge in [0.25, 0.3) is 5.91 Å². The SMILES string of the molecule is Cc1[nH]nc(N)c1C(=O)N(C)CC(F)(F)F. The Morgan fingerprint density at radius 1 is 1.56 bits per heavy atom. The van der Waals surface area contributed by atoms with Gasteiger partial charge in [0.1, 0.15) is 12.1 Å². The molecule has 0 aliphatic heterocycles. The predicted octanol–water partition coefficient (Wildman–Crippen LogP) is 0.935. The number of aryl methyl sites for hydroxylation is 1. The highest BCUT2D eigenvalue weighted by atomic mass is 19.4. The monoisotopic (exact) mass is 236 g/mol. The molecule has 1 amide bonds. The summed E-state index contributed by atoms with van der Waals surface area (Å²) >= 11 is 0. The van der Waals surface area contributed by atoms with Crippen molar-refractivity contribution in [2.75, 3.05) is 19.3 Å². The summed E-state index contributed by atoms with van der Waals surface area (Å²) in [6, 6.07) is 0. The third-order valence-electron chi connectivity index (χ3n) is 1.95. The molecule has 1 heterocycles. The fraction of sp³-hybridized carbons (Fsp3) is 0.500. The van der Waals surface area contributed by atoms with Crippen molar-refractivity contribution in [3.8, 4) is 0 Å². The number of H-pyrrole nitrogens is 1. The third kappa shape index (κ3) is 2.65. The fourth-order valence-electron chi connectivity index (χ4n) is 1.25. The molecule has 90 valence electrons. The number of hydrogen-bond donors (Lipinski definition) is 2. The first-order valence-electron chi connectivity index (χ1n) is 4.35. The van der Waals surface area contributed by atoms with E-state index in [2.05, 4.69) is 10.2 Å². The summed E-state index contributed by atoms with van der Waals surface area (Å²) < 4.78 is 36.2. The van der Waals surface area contributed by atoms with Crippen LogP contribution in [-0.4, -0.2) is 40.8 Å². The number of nitrogens with zero attached hydrogens (tertiary/aromatic N) is 2. The number of amides is 1. The number of aromatic amines is 1. The zero-order chi connectivity index (χ0) is 12.5. The molecule has 1 aromatic heterocycles. The average molecular weight is 236 g/mol. The van der Waals surface area contributed by atoms with Crippen LogP contribution in [0.2, 0.25) is 0 Å². The maximum Gasteiger partial charge on any atom is 0.406 e. The van der Waals surface area contributed by atoms with E-state index in [0.29, 0.717) is 10.6 Å². The van der Waals surface area contributed by atoms with Crippen molar-refractivity contribution in [1.29, 1.82) is 0 Å². The van der Waals surface area contributed by atoms with Crippen LogP contribution in [0.4, 0.5) is 19.0 Å². The number of anilines is 1. The van der Waals surface area contributed by atoms with Crippen molar-refractivity contribution in [1.82, 2.24) is 15.1 Å². The lowest BCUT2D eigenvalue weighted by Gasteiger charge is -2.18. The Kier molecular flexibility index (Phi) is 3.11. The van der Waals surface area contributed by atoms with Gasteiger partial charge in [-0.25, -0.2) is 0 Å². The number of nitrogens with one attached hydrogen (secondary N) is 1. The Morgan fingerprint density at radius 2 is 2.12 bits per heavy atom. The smallest absolute Gasteiger partial charge is 0.382 e. The average Bonchev–Trinajstić information content (AvgIpc) is 2.42. The van der Waals surface area contributed by atoms with Gasteiger partial charge in [-0.1, -0.05) is 0 Å². The Morgan fingerprint density at radius 3 is 2.50 bits per heavy atom. The van der Waals surface area contributed by atoms with E-state index < -0.39 is 18.6 Å². The summed E-state index contributed by atoms with van der Waals surface area (Å²) in [5, 5.41) is 5.97. The molecule has 0 saturated carbocycles. The van der Waals surface area contributed by atoms with Gasteiger partial charge >= 0.3 is 6.18 Å². The maximum atomic E-state index is 12.1. The fourth-order valence-corrected chi connectivity index (χ4v) is 1.25. The van der Waals surface area contributed by atoms with E-state index in [9.17, 15) is 18.0 Å². The number of halogens is 3. The molecular weight excluding hydrogens is 225 g/mol. The summed E-state index contributed by atoms with van der Waals surface area (Å²) in [5.41, 5.74) is 5.70. The van der Waals surface area contributed by atoms with Gasteiger partial charge < -0.3 is 10.6 Å². The van der Waals surface area contributed by atoms with Crippen LogP contribution >= 0.6 is 0 Å². The molecule has 0 unspecified atom stereocenters. The van der Waals surface area contributed by atoms with E-state index in [1.165, 1.54) is 6.92 Å². The highest BCUT2D eigenvalue weighted by molar-refractivity contribution is 5.99. The summed E-state index contributed by atoms with van der Waals surface area (Å²) in [7, 11) is 1.06. The number of aromatic nitrogens is 2. The van der Waals surface area contributed by atoms with Crippen LogP contribution in [0.15, 0.2) is 0 Å². The van der Waals surface area contributed by atoms with Crippen LogP contribution in [0, 0.1) is 6.92 Å². The second kappa shape index (κ2) is 4.03. The first-order valence-corrected chi connectivity index (χ1v) is 4.35. The molecule has 0 atom stereocenters. The quantitative estimate of drug-likeness (QED) is 0.802. The van der Waals surface area contributed by atoms with Crippen LogP contribution in [0.25, 0.3) is 0 Å². The zero-order valence-electron chi connectivity index (χ0n) is 8.72. The van der Waals surface area contributed by atoms with Crippen LogP contribution in [0.5, 0.6) is 0 Å². The van der Waals surface area contributed by atoms with Gasteiger partial charge in [0.15, 0.2) is 5.82 Å². The lowest BCUT2D eigenvalue weighted by atomic mass is 10.2. The van der Waals surface area contributed by atoms with Crippen molar-refractivity contribution >= 4 is 11.7 Å². The normalized spacial score (nSPS) is 11.6. The Balaban J connectivity index is 2.87. The number of rotatable bonds is 2. The summed E-state index contributed by atoms with van der Waals surface area (Å²) in [4.78, 5) is 12.2. The summed E-state index contributed by atoms with van der Waals surface area (Å²) in [5.74, 6) is -0.905. The molecule has 0 aliphatic carbocycles. The van der Waals surface area contributed by atoms with E-state index in [1.807, 2.05) is 0 Å². The van der Waals surface area contributed by atoms with Crippen molar-refractivity contribution in [3.05, 3.63) is 11.3 Å². The van der Waals surface area contributed by atoms with E-state index in [1.54, 1.807) is 0 Å². The molecule has 1 aromatic rings. The van der Waals surface area contributed by atoms with E-state index in [4.69, 9.17) is 5.73 Å². The molecule has 0 bridgehead atoms. The predicted molar refractivity (Wildman–Crippen MR) is 50.8 cm³/mol. The van der Waals surface area contributed by atoms with Gasteiger partial charge in [0.2, 0.25) is 0 Å². The largest absolute Gasteiger partial charge is 0.406 e. The van der Waals surface area contributed by atoms with Crippen molar-refractivity contribution in [2.45, 2.75) is 13.1 Å². The number of alkyl halides is 3. The molecule has 5 nitrogen and oxygen atoms in total. The molecule has 0 saturated heterocycles. The third-order valence-corrected chi connectivity index (χ3v) is 1.95. The first-order chi connectivity index (χ1) is 7.22. The van der Waals surface area contributed by atoms with Gasteiger partial charge in [0, 0.05) is 12.7 Å². The van der Waals surface area contributed by atoms with E-state index in [-0.39, 0.29) is 11.4 Å². The second-order valence-electron chi connectivity index (χ2n) is 3.39. The van der Waals surface area contributed by atoms with Gasteiger partial charge in [-0.2, -0.15) is 18.3 Å². The van der Waals surface area contributed by atoms with E-state index in [0.717, 1.165) is 7.05 Å². The highest BCUT2D eigenvalue weighted by Crippen LogP contribution is 2.19. The van der Waals surface area contributed by atoms with Gasteiger partial charge in [0.05, 0.1) is 0 Å². The van der Waals surface area contributed by atoms with Crippen molar-refractivity contribution < 1.29 is 18.0 Å². The topological polar surface area (TPSA) is 75.0 Å². The zero-order valence-corrected chi connectivity index (χ0v) is 8.72. The number of nitrogen functional groups attached to an aromatic ring is 1. The second-order valence-corrected chi connectivity index (χ2v) is 3.39. The highest BCUT2D eigenvalue weighted by Gasteiger charge is 2.32. The number of nitrogens with two attached hydrogens (primary N) is 1. The number of carbonyl (C=O) groups is 1. The first kappa shape index (κ1) is 12.3. The molecule has 0 aliphatic rings. The molecule has 16 heavy (non-hydrogen) atoms. The molecule has 0 fully saturated rings.